The van der Waals surface area contributed by atoms with Crippen molar-refractivity contribution in [2.75, 3.05) is 19.7 Å². The van der Waals surface area contributed by atoms with E-state index in [1.54, 1.807) is 23.5 Å². The van der Waals surface area contributed by atoms with Gasteiger partial charge in [-0.3, -0.25) is 4.90 Å². The highest BCUT2D eigenvalue weighted by Crippen LogP contribution is 2.28. The van der Waals surface area contributed by atoms with Crippen LogP contribution in [0.2, 0.25) is 0 Å². The average molecular weight is 424 g/mol. The first-order valence-electron chi connectivity index (χ1n) is 7.84. The topological polar surface area (TPSA) is 51.4 Å². The van der Waals surface area contributed by atoms with E-state index in [-0.39, 0.29) is 11.9 Å². The Morgan fingerprint density at radius 1 is 1.32 bits per heavy atom. The Kier molecular flexibility index (Phi) is 4.93. The van der Waals surface area contributed by atoms with Crippen LogP contribution in [0.1, 0.15) is 17.6 Å². The largest absolute Gasteiger partial charge is 0.371 e. The normalized spacial score (nSPS) is 18.6. The molecular weight excluding hydrogens is 409 g/mol. The number of morpholine rings is 1. The smallest absolute Gasteiger partial charge is 0.241 e. The van der Waals surface area contributed by atoms with Crippen LogP contribution in [0, 0.1) is 5.82 Å². The zero-order valence-electron chi connectivity index (χ0n) is 13.2. The maximum absolute atomic E-state index is 13.1. The predicted molar refractivity (Wildman–Crippen MR) is 95.7 cm³/mol. The molecule has 3 heterocycles. The van der Waals surface area contributed by atoms with Crippen molar-refractivity contribution in [1.29, 1.82) is 0 Å². The van der Waals surface area contributed by atoms with Crippen molar-refractivity contribution in [2.24, 2.45) is 0 Å². The van der Waals surface area contributed by atoms with E-state index >= 15 is 0 Å². The molecule has 0 aliphatic carbocycles. The predicted octanol–water partition coefficient (Wildman–Crippen LogP) is 4.27. The zero-order chi connectivity index (χ0) is 17.2. The van der Waals surface area contributed by atoms with Gasteiger partial charge in [0.05, 0.1) is 24.1 Å². The first kappa shape index (κ1) is 16.8. The Labute approximate surface area is 156 Å². The summed E-state index contributed by atoms with van der Waals surface area (Å²) in [6, 6.07) is 8.42. The molecule has 1 aliphatic rings. The standard InChI is InChI=1S/C17H15BrFN3O2S/c18-12-7-15(25-10-12)17-20-16(24-21-17)9-22-5-6-23-14(8-22)11-1-3-13(19)4-2-11/h1-4,7,10,14H,5-6,8-9H2/t14-/m0/s1. The van der Waals surface area contributed by atoms with Crippen LogP contribution in [-0.4, -0.2) is 34.7 Å². The maximum atomic E-state index is 13.1. The second-order valence-corrected chi connectivity index (χ2v) is 7.61. The Morgan fingerprint density at radius 3 is 2.92 bits per heavy atom. The lowest BCUT2D eigenvalue weighted by molar-refractivity contribution is -0.0356. The third kappa shape index (κ3) is 3.98. The van der Waals surface area contributed by atoms with Crippen LogP contribution < -0.4 is 0 Å². The van der Waals surface area contributed by atoms with Gasteiger partial charge in [0.2, 0.25) is 11.7 Å². The molecule has 2 aromatic heterocycles. The van der Waals surface area contributed by atoms with Crippen molar-refractivity contribution < 1.29 is 13.7 Å². The Bertz CT molecular complexity index is 852. The van der Waals surface area contributed by atoms with Crippen molar-refractivity contribution in [3.8, 4) is 10.7 Å². The summed E-state index contributed by atoms with van der Waals surface area (Å²) in [6.07, 6.45) is -0.0787. The van der Waals surface area contributed by atoms with Crippen LogP contribution in [0.3, 0.4) is 0 Å². The van der Waals surface area contributed by atoms with Crippen LogP contribution in [-0.2, 0) is 11.3 Å². The second kappa shape index (κ2) is 7.33. The molecule has 5 nitrogen and oxygen atoms in total. The van der Waals surface area contributed by atoms with E-state index in [0.717, 1.165) is 21.5 Å². The second-order valence-electron chi connectivity index (χ2n) is 5.79. The zero-order valence-corrected chi connectivity index (χ0v) is 15.6. The van der Waals surface area contributed by atoms with Gasteiger partial charge < -0.3 is 9.26 Å². The summed E-state index contributed by atoms with van der Waals surface area (Å²) in [4.78, 5) is 7.65. The number of nitrogens with zero attached hydrogens (tertiary/aromatic N) is 3. The van der Waals surface area contributed by atoms with Crippen LogP contribution in [0.25, 0.3) is 10.7 Å². The molecule has 8 heteroatoms. The lowest BCUT2D eigenvalue weighted by Gasteiger charge is -2.32. The highest BCUT2D eigenvalue weighted by atomic mass is 79.9. The molecule has 0 unspecified atom stereocenters. The van der Waals surface area contributed by atoms with Crippen LogP contribution in [0.15, 0.2) is 44.7 Å². The summed E-state index contributed by atoms with van der Waals surface area (Å²) in [7, 11) is 0. The molecule has 0 radical (unpaired) electrons. The molecule has 0 spiro atoms. The lowest BCUT2D eigenvalue weighted by atomic mass is 10.1. The molecule has 0 bridgehead atoms. The van der Waals surface area contributed by atoms with Gasteiger partial charge in [0.15, 0.2) is 0 Å². The average Bonchev–Trinajstić information content (AvgIpc) is 3.25. The van der Waals surface area contributed by atoms with Gasteiger partial charge in [-0.05, 0) is 39.7 Å². The number of hydrogen-bond donors (Lipinski definition) is 0. The lowest BCUT2D eigenvalue weighted by Crippen LogP contribution is -2.37. The fourth-order valence-corrected chi connectivity index (χ4v) is 4.12. The monoisotopic (exact) mass is 423 g/mol. The van der Waals surface area contributed by atoms with Crippen molar-refractivity contribution in [3.05, 3.63) is 57.5 Å². The minimum atomic E-state index is -0.241. The van der Waals surface area contributed by atoms with Crippen molar-refractivity contribution in [1.82, 2.24) is 15.0 Å². The van der Waals surface area contributed by atoms with E-state index in [1.165, 1.54) is 12.1 Å². The van der Waals surface area contributed by atoms with Gasteiger partial charge in [-0.15, -0.1) is 11.3 Å². The van der Waals surface area contributed by atoms with Gasteiger partial charge in [0, 0.05) is 22.9 Å². The first-order valence-corrected chi connectivity index (χ1v) is 9.51. The molecule has 3 aromatic rings. The summed E-state index contributed by atoms with van der Waals surface area (Å²) < 4.78 is 25.3. The molecular formula is C17H15BrFN3O2S. The fraction of sp³-hybridized carbons (Fsp3) is 0.294. The maximum Gasteiger partial charge on any atom is 0.241 e. The van der Waals surface area contributed by atoms with E-state index in [1.807, 2.05) is 11.4 Å². The number of aromatic nitrogens is 2. The number of ether oxygens (including phenoxy) is 1. The van der Waals surface area contributed by atoms with E-state index in [9.17, 15) is 4.39 Å². The highest BCUT2D eigenvalue weighted by Gasteiger charge is 2.24. The molecule has 1 atom stereocenters. The number of halogens is 2. The minimum absolute atomic E-state index is 0.0787. The Hall–Kier alpha value is -1.61. The molecule has 1 aliphatic heterocycles. The SMILES string of the molecule is Fc1ccc([C@@H]2CN(Cc3nc(-c4cc(Br)cs4)no3)CCO2)cc1. The Morgan fingerprint density at radius 2 is 2.16 bits per heavy atom. The number of rotatable bonds is 4. The van der Waals surface area contributed by atoms with Gasteiger partial charge >= 0.3 is 0 Å². The first-order chi connectivity index (χ1) is 12.2. The fourth-order valence-electron chi connectivity index (χ4n) is 2.77. The van der Waals surface area contributed by atoms with Gasteiger partial charge in [-0.2, -0.15) is 4.98 Å². The van der Waals surface area contributed by atoms with E-state index in [2.05, 4.69) is 31.0 Å². The van der Waals surface area contributed by atoms with Gasteiger partial charge in [0.1, 0.15) is 5.82 Å². The molecule has 0 N–H and O–H groups in total. The molecule has 130 valence electrons. The summed E-state index contributed by atoms with van der Waals surface area (Å²) in [5.41, 5.74) is 0.973. The quantitative estimate of drug-likeness (QED) is 0.626. The van der Waals surface area contributed by atoms with Crippen LogP contribution >= 0.6 is 27.3 Å². The van der Waals surface area contributed by atoms with E-state index in [0.29, 0.717) is 31.4 Å². The molecule has 4 rings (SSSR count). The molecule has 0 saturated carbocycles. The summed E-state index contributed by atoms with van der Waals surface area (Å²) in [6.45, 7) is 2.68. The van der Waals surface area contributed by atoms with Gasteiger partial charge in [0.25, 0.3) is 0 Å². The van der Waals surface area contributed by atoms with Gasteiger partial charge in [-0.25, -0.2) is 4.39 Å². The molecule has 1 fully saturated rings. The van der Waals surface area contributed by atoms with Gasteiger partial charge in [-0.1, -0.05) is 17.3 Å². The number of hydrogen-bond acceptors (Lipinski definition) is 6. The highest BCUT2D eigenvalue weighted by molar-refractivity contribution is 9.10. The molecule has 1 aromatic carbocycles. The summed E-state index contributed by atoms with van der Waals surface area (Å²) >= 11 is 4.99. The van der Waals surface area contributed by atoms with E-state index < -0.39 is 0 Å². The molecule has 0 amide bonds. The minimum Gasteiger partial charge on any atom is -0.371 e. The van der Waals surface area contributed by atoms with E-state index in [4.69, 9.17) is 9.26 Å². The molecule has 1 saturated heterocycles. The van der Waals surface area contributed by atoms with Crippen LogP contribution in [0.5, 0.6) is 0 Å². The van der Waals surface area contributed by atoms with Crippen LogP contribution in [0.4, 0.5) is 4.39 Å². The Balaban J connectivity index is 1.42. The van der Waals surface area contributed by atoms with Crippen molar-refractivity contribution in [2.45, 2.75) is 12.6 Å². The summed E-state index contributed by atoms with van der Waals surface area (Å²) in [5, 5.41) is 6.04. The van der Waals surface area contributed by atoms with Crippen molar-refractivity contribution >= 4 is 27.3 Å². The third-order valence-electron chi connectivity index (χ3n) is 4.01. The van der Waals surface area contributed by atoms with Crippen molar-refractivity contribution in [3.63, 3.8) is 0 Å². The molecule has 25 heavy (non-hydrogen) atoms. The number of benzene rings is 1. The number of thiophene rings is 1. The third-order valence-corrected chi connectivity index (χ3v) is 5.69. The summed E-state index contributed by atoms with van der Waals surface area (Å²) in [5.74, 6) is 0.948.